The summed E-state index contributed by atoms with van der Waals surface area (Å²) in [5.41, 5.74) is 0. The van der Waals surface area contributed by atoms with Gasteiger partial charge >= 0.3 is 0 Å². The quantitative estimate of drug-likeness (QED) is 0.816. The van der Waals surface area contributed by atoms with Gasteiger partial charge in [0.05, 0.1) is 13.2 Å². The molecule has 2 unspecified atom stereocenters. The fraction of sp³-hybridized carbons (Fsp3) is 1.00. The van der Waals surface area contributed by atoms with Gasteiger partial charge in [0.15, 0.2) is 0 Å². The van der Waals surface area contributed by atoms with Crippen LogP contribution in [0.1, 0.15) is 26.2 Å². The van der Waals surface area contributed by atoms with E-state index in [0.717, 1.165) is 39.4 Å². The van der Waals surface area contributed by atoms with Gasteiger partial charge in [0.1, 0.15) is 0 Å². The number of nitrogens with zero attached hydrogens (tertiary/aromatic N) is 1. The third-order valence-electron chi connectivity index (χ3n) is 3.98. The molecule has 18 heavy (non-hydrogen) atoms. The summed E-state index contributed by atoms with van der Waals surface area (Å²) in [6, 6.07) is 0.341. The number of ether oxygens (including phenoxy) is 1. The van der Waals surface area contributed by atoms with Gasteiger partial charge in [0.2, 0.25) is 5.92 Å². The van der Waals surface area contributed by atoms with Crippen LogP contribution in [0, 0.1) is 5.92 Å². The molecule has 2 aliphatic rings. The van der Waals surface area contributed by atoms with Crippen LogP contribution in [-0.2, 0) is 4.74 Å². The molecule has 0 radical (unpaired) electrons. The summed E-state index contributed by atoms with van der Waals surface area (Å²) in [7, 11) is 0. The average Bonchev–Trinajstić information content (AvgIpc) is 2.68. The minimum Gasteiger partial charge on any atom is -0.378 e. The highest BCUT2D eigenvalue weighted by atomic mass is 19.3. The van der Waals surface area contributed by atoms with Gasteiger partial charge in [-0.25, -0.2) is 8.78 Å². The van der Waals surface area contributed by atoms with Gasteiger partial charge in [0, 0.05) is 38.5 Å². The Bertz CT molecular complexity index is 263. The van der Waals surface area contributed by atoms with E-state index in [4.69, 9.17) is 4.74 Å². The van der Waals surface area contributed by atoms with Crippen molar-refractivity contribution in [1.82, 2.24) is 10.2 Å². The molecule has 2 fully saturated rings. The molecule has 1 saturated carbocycles. The van der Waals surface area contributed by atoms with Crippen LogP contribution < -0.4 is 5.32 Å². The van der Waals surface area contributed by atoms with Crippen molar-refractivity contribution in [3.8, 4) is 0 Å². The van der Waals surface area contributed by atoms with E-state index in [9.17, 15) is 8.78 Å². The zero-order chi connectivity index (χ0) is 13.0. The topological polar surface area (TPSA) is 24.5 Å². The van der Waals surface area contributed by atoms with Gasteiger partial charge in [-0.2, -0.15) is 0 Å². The second-order valence-electron chi connectivity index (χ2n) is 5.50. The first-order valence-corrected chi connectivity index (χ1v) is 7.01. The molecule has 2 atom stereocenters. The number of halogens is 2. The first-order valence-electron chi connectivity index (χ1n) is 7.01. The van der Waals surface area contributed by atoms with Crippen LogP contribution in [-0.4, -0.2) is 56.3 Å². The lowest BCUT2D eigenvalue weighted by Gasteiger charge is -2.37. The van der Waals surface area contributed by atoms with Crippen molar-refractivity contribution in [3.05, 3.63) is 0 Å². The van der Waals surface area contributed by atoms with Gasteiger partial charge in [-0.1, -0.05) is 6.92 Å². The number of hydrogen-bond acceptors (Lipinski definition) is 3. The largest absolute Gasteiger partial charge is 0.378 e. The molecule has 106 valence electrons. The first-order chi connectivity index (χ1) is 8.61. The molecular weight excluding hydrogens is 238 g/mol. The van der Waals surface area contributed by atoms with Crippen molar-refractivity contribution in [2.45, 2.75) is 38.2 Å². The van der Waals surface area contributed by atoms with Crippen molar-refractivity contribution in [1.29, 1.82) is 0 Å². The average molecular weight is 262 g/mol. The number of alkyl halides is 2. The van der Waals surface area contributed by atoms with Crippen molar-refractivity contribution >= 4 is 0 Å². The van der Waals surface area contributed by atoms with Crippen LogP contribution in [0.4, 0.5) is 8.78 Å². The number of hydrogen-bond donors (Lipinski definition) is 1. The first kappa shape index (κ1) is 14.2. The highest BCUT2D eigenvalue weighted by Gasteiger charge is 2.40. The summed E-state index contributed by atoms with van der Waals surface area (Å²) < 4.78 is 31.9. The molecule has 0 aromatic rings. The Kier molecular flexibility index (Phi) is 4.92. The smallest absolute Gasteiger partial charge is 0.248 e. The molecule has 1 aliphatic carbocycles. The van der Waals surface area contributed by atoms with Crippen LogP contribution in [0.15, 0.2) is 0 Å². The molecule has 0 spiro atoms. The van der Waals surface area contributed by atoms with Crippen LogP contribution >= 0.6 is 0 Å². The Hall–Kier alpha value is -0.260. The van der Waals surface area contributed by atoms with E-state index in [-0.39, 0.29) is 18.8 Å². The van der Waals surface area contributed by atoms with Crippen LogP contribution in [0.25, 0.3) is 0 Å². The lowest BCUT2D eigenvalue weighted by molar-refractivity contribution is -0.0212. The van der Waals surface area contributed by atoms with Crippen LogP contribution in [0.5, 0.6) is 0 Å². The van der Waals surface area contributed by atoms with Gasteiger partial charge < -0.3 is 10.1 Å². The fourth-order valence-electron chi connectivity index (χ4n) is 2.96. The minimum absolute atomic E-state index is 0.0677. The van der Waals surface area contributed by atoms with Crippen LogP contribution in [0.3, 0.4) is 0 Å². The molecule has 2 rings (SSSR count). The second-order valence-corrected chi connectivity index (χ2v) is 5.50. The standard InChI is InChI=1S/C13H24F2N2O/c1-2-16-8-12-10-18-6-5-17(12)9-11-3-4-13(14,15)7-11/h11-12,16H,2-10H2,1H3. The normalized spacial score (nSPS) is 32.8. The molecule has 0 bridgehead atoms. The zero-order valence-electron chi connectivity index (χ0n) is 11.1. The van der Waals surface area contributed by atoms with E-state index >= 15 is 0 Å². The van der Waals surface area contributed by atoms with Gasteiger partial charge in [0.25, 0.3) is 0 Å². The van der Waals surface area contributed by atoms with E-state index in [1.807, 2.05) is 0 Å². The molecule has 1 saturated heterocycles. The van der Waals surface area contributed by atoms with E-state index in [1.54, 1.807) is 0 Å². The monoisotopic (exact) mass is 262 g/mol. The summed E-state index contributed by atoms with van der Waals surface area (Å²) in [6.07, 6.45) is 0.802. The predicted molar refractivity (Wildman–Crippen MR) is 67.0 cm³/mol. The van der Waals surface area contributed by atoms with Crippen molar-refractivity contribution in [2.24, 2.45) is 5.92 Å². The van der Waals surface area contributed by atoms with Gasteiger partial charge in [-0.05, 0) is 18.9 Å². The number of likely N-dealkylation sites (N-methyl/N-ethyl adjacent to an activating group) is 1. The lowest BCUT2D eigenvalue weighted by atomic mass is 10.1. The Morgan fingerprint density at radius 1 is 1.44 bits per heavy atom. The Labute approximate surface area is 108 Å². The third-order valence-corrected chi connectivity index (χ3v) is 3.98. The number of morpholine rings is 1. The van der Waals surface area contributed by atoms with Crippen molar-refractivity contribution in [3.63, 3.8) is 0 Å². The molecule has 1 N–H and O–H groups in total. The summed E-state index contributed by atoms with van der Waals surface area (Å²) in [4.78, 5) is 2.33. The molecule has 1 heterocycles. The SMILES string of the molecule is CCNCC1COCCN1CC1CCC(F)(F)C1. The van der Waals surface area contributed by atoms with E-state index in [1.165, 1.54) is 0 Å². The van der Waals surface area contributed by atoms with Gasteiger partial charge in [-0.15, -0.1) is 0 Å². The summed E-state index contributed by atoms with van der Waals surface area (Å²) >= 11 is 0. The third kappa shape index (κ3) is 3.87. The number of nitrogens with one attached hydrogen (secondary N) is 1. The lowest BCUT2D eigenvalue weighted by Crippen LogP contribution is -2.51. The highest BCUT2D eigenvalue weighted by Crippen LogP contribution is 2.39. The molecule has 0 amide bonds. The Balaban J connectivity index is 1.82. The van der Waals surface area contributed by atoms with E-state index in [2.05, 4.69) is 17.1 Å². The second kappa shape index (κ2) is 6.26. The molecule has 3 nitrogen and oxygen atoms in total. The highest BCUT2D eigenvalue weighted by molar-refractivity contribution is 4.86. The number of rotatable bonds is 5. The van der Waals surface area contributed by atoms with Gasteiger partial charge in [-0.3, -0.25) is 4.90 Å². The molecule has 5 heteroatoms. The van der Waals surface area contributed by atoms with Crippen molar-refractivity contribution < 1.29 is 13.5 Å². The zero-order valence-corrected chi connectivity index (χ0v) is 11.1. The minimum atomic E-state index is -2.42. The summed E-state index contributed by atoms with van der Waals surface area (Å²) in [5.74, 6) is -2.27. The Morgan fingerprint density at radius 2 is 2.28 bits per heavy atom. The summed E-state index contributed by atoms with van der Waals surface area (Å²) in [6.45, 7) is 7.02. The maximum absolute atomic E-state index is 13.2. The fourth-order valence-corrected chi connectivity index (χ4v) is 2.96. The van der Waals surface area contributed by atoms with Crippen LogP contribution in [0.2, 0.25) is 0 Å². The predicted octanol–water partition coefficient (Wildman–Crippen LogP) is 1.73. The van der Waals surface area contributed by atoms with E-state index in [0.29, 0.717) is 12.5 Å². The van der Waals surface area contributed by atoms with Crippen molar-refractivity contribution in [2.75, 3.05) is 39.4 Å². The maximum Gasteiger partial charge on any atom is 0.248 e. The molecule has 0 aromatic carbocycles. The maximum atomic E-state index is 13.2. The molecule has 1 aliphatic heterocycles. The molecule has 0 aromatic heterocycles. The van der Waals surface area contributed by atoms with E-state index < -0.39 is 5.92 Å². The molecular formula is C13H24F2N2O. The summed E-state index contributed by atoms with van der Waals surface area (Å²) in [5, 5.41) is 3.32. The Morgan fingerprint density at radius 3 is 2.94 bits per heavy atom.